The van der Waals surface area contributed by atoms with Gasteiger partial charge in [0.05, 0.1) is 11.6 Å². The van der Waals surface area contributed by atoms with Crippen LogP contribution in [0.3, 0.4) is 0 Å². The van der Waals surface area contributed by atoms with Gasteiger partial charge in [0.15, 0.2) is 17.1 Å². The molecule has 0 aliphatic rings. The van der Waals surface area contributed by atoms with Gasteiger partial charge in [0.1, 0.15) is 6.23 Å². The number of nitrogens with zero attached hydrogens (tertiary/aromatic N) is 6. The Kier molecular flexibility index (Phi) is 2.63. The van der Waals surface area contributed by atoms with Crippen LogP contribution in [0, 0.1) is 0 Å². The summed E-state index contributed by atoms with van der Waals surface area (Å²) in [5.41, 5.74) is 7.01. The number of aromatic nitrogens is 6. The van der Waals surface area contributed by atoms with Crippen LogP contribution in [0.2, 0.25) is 0 Å². The van der Waals surface area contributed by atoms with Gasteiger partial charge in [0, 0.05) is 13.3 Å². The van der Waals surface area contributed by atoms with Gasteiger partial charge in [-0.3, -0.25) is 0 Å². The third-order valence-electron chi connectivity index (χ3n) is 3.45. The molecular formula is C13H13N7O2. The molecule has 0 fully saturated rings. The SMILES string of the molecule is COC(C)n1cc2c(nc(N)n3nc(-c4ccco4)nc23)n1. The average Bonchev–Trinajstić information content (AvgIpc) is 3.23. The molecule has 0 spiro atoms. The van der Waals surface area contributed by atoms with Crippen molar-refractivity contribution in [2.24, 2.45) is 0 Å². The molecule has 0 aliphatic heterocycles. The van der Waals surface area contributed by atoms with E-state index in [1.54, 1.807) is 30.2 Å². The number of nitrogen functional groups attached to an aromatic ring is 1. The van der Waals surface area contributed by atoms with Gasteiger partial charge in [-0.25, -0.2) is 9.67 Å². The van der Waals surface area contributed by atoms with Gasteiger partial charge in [0.25, 0.3) is 0 Å². The van der Waals surface area contributed by atoms with E-state index in [2.05, 4.69) is 20.2 Å². The zero-order chi connectivity index (χ0) is 15.3. The van der Waals surface area contributed by atoms with Crippen molar-refractivity contribution in [1.82, 2.24) is 29.4 Å². The minimum atomic E-state index is -0.219. The van der Waals surface area contributed by atoms with Crippen molar-refractivity contribution in [3.63, 3.8) is 0 Å². The lowest BCUT2D eigenvalue weighted by molar-refractivity contribution is 0.0506. The van der Waals surface area contributed by atoms with E-state index in [0.717, 1.165) is 5.39 Å². The molecule has 0 saturated heterocycles. The molecule has 0 radical (unpaired) electrons. The molecule has 0 saturated carbocycles. The lowest BCUT2D eigenvalue weighted by Gasteiger charge is -2.07. The summed E-state index contributed by atoms with van der Waals surface area (Å²) in [6.07, 6.45) is 3.16. The predicted molar refractivity (Wildman–Crippen MR) is 77.9 cm³/mol. The van der Waals surface area contributed by atoms with Crippen LogP contribution in [0.1, 0.15) is 13.2 Å². The molecule has 22 heavy (non-hydrogen) atoms. The van der Waals surface area contributed by atoms with E-state index in [-0.39, 0.29) is 12.2 Å². The van der Waals surface area contributed by atoms with Crippen molar-refractivity contribution < 1.29 is 9.15 Å². The Morgan fingerprint density at radius 3 is 2.91 bits per heavy atom. The minimum absolute atomic E-state index is 0.211. The standard InChI is InChI=1S/C13H13N7O2/c1-7(21-2)19-6-8-10(17-19)16-13(14)20-12(8)15-11(18-20)9-4-3-5-22-9/h3-7H,1-2H3,(H2,14,16,17). The normalized spacial score (nSPS) is 13.2. The number of ether oxygens (including phenoxy) is 1. The summed E-state index contributed by atoms with van der Waals surface area (Å²) in [6, 6.07) is 3.56. The van der Waals surface area contributed by atoms with Gasteiger partial charge in [-0.15, -0.1) is 10.2 Å². The summed E-state index contributed by atoms with van der Waals surface area (Å²) in [4.78, 5) is 8.74. The minimum Gasteiger partial charge on any atom is -0.461 e. The molecule has 1 unspecified atom stereocenters. The molecule has 0 aliphatic carbocycles. The van der Waals surface area contributed by atoms with Gasteiger partial charge >= 0.3 is 0 Å². The van der Waals surface area contributed by atoms with Crippen LogP contribution in [0.15, 0.2) is 29.0 Å². The Morgan fingerprint density at radius 2 is 2.18 bits per heavy atom. The number of methoxy groups -OCH3 is 1. The smallest absolute Gasteiger partial charge is 0.225 e. The highest BCUT2D eigenvalue weighted by atomic mass is 16.5. The maximum Gasteiger partial charge on any atom is 0.225 e. The van der Waals surface area contributed by atoms with E-state index < -0.39 is 0 Å². The third-order valence-corrected chi connectivity index (χ3v) is 3.45. The fourth-order valence-electron chi connectivity index (χ4n) is 2.23. The van der Waals surface area contributed by atoms with Crippen LogP contribution in [-0.2, 0) is 4.74 Å². The quantitative estimate of drug-likeness (QED) is 0.610. The van der Waals surface area contributed by atoms with E-state index in [9.17, 15) is 0 Å². The summed E-state index contributed by atoms with van der Waals surface area (Å²) in [5.74, 6) is 1.22. The average molecular weight is 299 g/mol. The molecule has 4 rings (SSSR count). The number of rotatable bonds is 3. The highest BCUT2D eigenvalue weighted by Gasteiger charge is 2.17. The summed E-state index contributed by atoms with van der Waals surface area (Å²) < 4.78 is 13.7. The first-order valence-corrected chi connectivity index (χ1v) is 6.65. The molecule has 2 N–H and O–H groups in total. The van der Waals surface area contributed by atoms with Crippen LogP contribution in [0.4, 0.5) is 5.95 Å². The first-order chi connectivity index (χ1) is 10.7. The number of hydrogen-bond donors (Lipinski definition) is 1. The molecule has 112 valence electrons. The van der Waals surface area contributed by atoms with Gasteiger partial charge < -0.3 is 14.9 Å². The van der Waals surface area contributed by atoms with Crippen molar-refractivity contribution in [3.8, 4) is 11.6 Å². The zero-order valence-electron chi connectivity index (χ0n) is 12.0. The maximum absolute atomic E-state index is 5.95. The highest BCUT2D eigenvalue weighted by Crippen LogP contribution is 2.23. The van der Waals surface area contributed by atoms with Crippen LogP contribution >= 0.6 is 0 Å². The second kappa shape index (κ2) is 4.53. The molecule has 4 aromatic rings. The third kappa shape index (κ3) is 1.76. The van der Waals surface area contributed by atoms with Crippen LogP contribution in [0.5, 0.6) is 0 Å². The van der Waals surface area contributed by atoms with E-state index in [4.69, 9.17) is 14.9 Å². The van der Waals surface area contributed by atoms with Crippen LogP contribution < -0.4 is 5.73 Å². The van der Waals surface area contributed by atoms with E-state index >= 15 is 0 Å². The molecule has 9 nitrogen and oxygen atoms in total. The Bertz CT molecular complexity index is 954. The molecule has 0 bridgehead atoms. The summed E-state index contributed by atoms with van der Waals surface area (Å²) in [7, 11) is 1.61. The van der Waals surface area contributed by atoms with Gasteiger partial charge in [-0.1, -0.05) is 0 Å². The molecule has 4 heterocycles. The van der Waals surface area contributed by atoms with E-state index in [0.29, 0.717) is 22.9 Å². The second-order valence-electron chi connectivity index (χ2n) is 4.80. The molecule has 0 amide bonds. The molecule has 9 heteroatoms. The van der Waals surface area contributed by atoms with Crippen molar-refractivity contribution >= 4 is 22.6 Å². The number of fused-ring (bicyclic) bond motifs is 3. The topological polar surface area (TPSA) is 109 Å². The van der Waals surface area contributed by atoms with Gasteiger partial charge in [-0.2, -0.15) is 9.50 Å². The Balaban J connectivity index is 1.99. The van der Waals surface area contributed by atoms with Crippen LogP contribution in [-0.4, -0.2) is 36.5 Å². The number of hydrogen-bond acceptors (Lipinski definition) is 7. The first-order valence-electron chi connectivity index (χ1n) is 6.65. The van der Waals surface area contributed by atoms with E-state index in [1.807, 2.05) is 13.1 Å². The van der Waals surface area contributed by atoms with Gasteiger partial charge in [-0.05, 0) is 19.1 Å². The molecule has 0 aromatic carbocycles. The Hall–Kier alpha value is -2.94. The van der Waals surface area contributed by atoms with E-state index in [1.165, 1.54) is 4.52 Å². The fourth-order valence-corrected chi connectivity index (χ4v) is 2.23. The zero-order valence-corrected chi connectivity index (χ0v) is 12.0. The number of furan rings is 1. The van der Waals surface area contributed by atoms with Crippen molar-refractivity contribution in [3.05, 3.63) is 24.6 Å². The molecular weight excluding hydrogens is 286 g/mol. The van der Waals surface area contributed by atoms with Crippen molar-refractivity contribution in [2.45, 2.75) is 13.2 Å². The van der Waals surface area contributed by atoms with Crippen LogP contribution in [0.25, 0.3) is 28.3 Å². The monoisotopic (exact) mass is 299 g/mol. The summed E-state index contributed by atoms with van der Waals surface area (Å²) >= 11 is 0. The summed E-state index contributed by atoms with van der Waals surface area (Å²) in [5, 5.41) is 9.44. The lowest BCUT2D eigenvalue weighted by atomic mass is 10.4. The second-order valence-corrected chi connectivity index (χ2v) is 4.80. The number of nitrogens with two attached hydrogens (primary N) is 1. The lowest BCUT2D eigenvalue weighted by Crippen LogP contribution is -2.07. The summed E-state index contributed by atoms with van der Waals surface area (Å²) in [6.45, 7) is 1.88. The highest BCUT2D eigenvalue weighted by molar-refractivity contribution is 5.90. The largest absolute Gasteiger partial charge is 0.461 e. The maximum atomic E-state index is 5.95. The molecule has 4 aromatic heterocycles. The first kappa shape index (κ1) is 12.8. The van der Waals surface area contributed by atoms with Crippen molar-refractivity contribution in [1.29, 1.82) is 0 Å². The van der Waals surface area contributed by atoms with Crippen molar-refractivity contribution in [2.75, 3.05) is 12.8 Å². The number of anilines is 1. The molecule has 1 atom stereocenters. The predicted octanol–water partition coefficient (Wildman–Crippen LogP) is 1.48. The van der Waals surface area contributed by atoms with Gasteiger partial charge in [0.2, 0.25) is 11.8 Å². The Labute approximate surface area is 124 Å². The Morgan fingerprint density at radius 1 is 1.32 bits per heavy atom. The fraction of sp³-hybridized carbons (Fsp3) is 0.231.